The minimum Gasteiger partial charge on any atom is -0.422 e. The molecule has 0 aliphatic heterocycles. The van der Waals surface area contributed by atoms with Crippen molar-refractivity contribution in [2.24, 2.45) is 0 Å². The fraction of sp³-hybridized carbons (Fsp3) is 0.375. The van der Waals surface area contributed by atoms with Crippen molar-refractivity contribution >= 4 is 22.6 Å². The Hall–Kier alpha value is -2.34. The third kappa shape index (κ3) is 3.65. The van der Waals surface area contributed by atoms with Crippen molar-refractivity contribution in [3.8, 4) is 0 Å². The second kappa shape index (κ2) is 7.09. The largest absolute Gasteiger partial charge is 0.422 e. The first-order valence-electron chi connectivity index (χ1n) is 7.26. The molecule has 1 heterocycles. The summed E-state index contributed by atoms with van der Waals surface area (Å²) in [6, 6.07) is 5.17. The van der Waals surface area contributed by atoms with E-state index in [0.29, 0.717) is 23.4 Å². The van der Waals surface area contributed by atoms with Gasteiger partial charge in [0.2, 0.25) is 5.91 Å². The van der Waals surface area contributed by atoms with Crippen molar-refractivity contribution in [1.82, 2.24) is 10.6 Å². The lowest BCUT2D eigenvalue weighted by atomic mass is 10.0. The van der Waals surface area contributed by atoms with E-state index in [9.17, 15) is 9.59 Å². The van der Waals surface area contributed by atoms with Crippen molar-refractivity contribution < 1.29 is 9.21 Å². The Morgan fingerprint density at radius 1 is 1.32 bits per heavy atom. The molecule has 4 N–H and O–H groups in total. The highest BCUT2D eigenvalue weighted by Gasteiger charge is 2.14. The number of nitrogens with one attached hydrogen (secondary N) is 2. The third-order valence-electron chi connectivity index (χ3n) is 3.57. The van der Waals surface area contributed by atoms with Gasteiger partial charge >= 0.3 is 5.63 Å². The minimum absolute atomic E-state index is 0.0219. The quantitative estimate of drug-likeness (QED) is 0.419. The van der Waals surface area contributed by atoms with Crippen LogP contribution in [0.3, 0.4) is 0 Å². The van der Waals surface area contributed by atoms with E-state index in [0.717, 1.165) is 23.9 Å². The maximum atomic E-state index is 12.1. The van der Waals surface area contributed by atoms with Gasteiger partial charge in [-0.05, 0) is 44.6 Å². The summed E-state index contributed by atoms with van der Waals surface area (Å²) in [5, 5.41) is 6.60. The first kappa shape index (κ1) is 16.0. The van der Waals surface area contributed by atoms with E-state index in [4.69, 9.17) is 10.2 Å². The predicted molar refractivity (Wildman–Crippen MR) is 86.9 cm³/mol. The lowest BCUT2D eigenvalue weighted by Gasteiger charge is -2.09. The summed E-state index contributed by atoms with van der Waals surface area (Å²) in [7, 11) is 1.86. The van der Waals surface area contributed by atoms with Gasteiger partial charge in [0.25, 0.3) is 0 Å². The zero-order chi connectivity index (χ0) is 16.1. The molecule has 0 bridgehead atoms. The highest BCUT2D eigenvalue weighted by molar-refractivity contribution is 5.86. The number of carbonyl (C=O) groups excluding carboxylic acids is 1. The molecule has 1 amide bonds. The minimum atomic E-state index is -0.485. The van der Waals surface area contributed by atoms with E-state index in [1.165, 1.54) is 0 Å². The van der Waals surface area contributed by atoms with Crippen LogP contribution >= 0.6 is 0 Å². The Bertz CT molecular complexity index is 737. The molecule has 0 radical (unpaired) electrons. The topological polar surface area (TPSA) is 97.4 Å². The van der Waals surface area contributed by atoms with Gasteiger partial charge in [-0.25, -0.2) is 4.79 Å². The monoisotopic (exact) mass is 303 g/mol. The number of rotatable bonds is 6. The molecule has 0 aliphatic carbocycles. The van der Waals surface area contributed by atoms with Gasteiger partial charge in [0.05, 0.1) is 12.0 Å². The van der Waals surface area contributed by atoms with E-state index in [1.54, 1.807) is 18.2 Å². The van der Waals surface area contributed by atoms with Crippen LogP contribution in [0.1, 0.15) is 17.5 Å². The number of hydrogen-bond donors (Lipinski definition) is 3. The highest BCUT2D eigenvalue weighted by Crippen LogP contribution is 2.21. The van der Waals surface area contributed by atoms with Gasteiger partial charge in [-0.3, -0.25) is 4.79 Å². The summed E-state index contributed by atoms with van der Waals surface area (Å²) in [5.41, 5.74) is 7.34. The van der Waals surface area contributed by atoms with Gasteiger partial charge in [0, 0.05) is 23.7 Å². The zero-order valence-electron chi connectivity index (χ0n) is 12.9. The van der Waals surface area contributed by atoms with Crippen molar-refractivity contribution in [2.75, 3.05) is 25.9 Å². The fourth-order valence-corrected chi connectivity index (χ4v) is 2.33. The van der Waals surface area contributed by atoms with E-state index >= 15 is 0 Å². The molecule has 1 aromatic carbocycles. The molecule has 2 aromatic rings. The van der Waals surface area contributed by atoms with E-state index in [1.807, 2.05) is 14.0 Å². The molecule has 22 heavy (non-hydrogen) atoms. The van der Waals surface area contributed by atoms with Gasteiger partial charge in [0.15, 0.2) is 0 Å². The Balaban J connectivity index is 2.19. The average molecular weight is 303 g/mol. The molecule has 6 heteroatoms. The average Bonchev–Trinajstić information content (AvgIpc) is 2.47. The lowest BCUT2D eigenvalue weighted by Crippen LogP contribution is -2.29. The smallest absolute Gasteiger partial charge is 0.340 e. The number of fused-ring (bicyclic) bond motifs is 1. The molecule has 118 valence electrons. The Morgan fingerprint density at radius 3 is 2.82 bits per heavy atom. The molecule has 0 unspecified atom stereocenters. The second-order valence-electron chi connectivity index (χ2n) is 5.23. The molecule has 0 fully saturated rings. The Morgan fingerprint density at radius 2 is 2.09 bits per heavy atom. The summed E-state index contributed by atoms with van der Waals surface area (Å²) in [6.07, 6.45) is 0.862. The van der Waals surface area contributed by atoms with Crippen LogP contribution in [0.4, 0.5) is 5.69 Å². The summed E-state index contributed by atoms with van der Waals surface area (Å²) >= 11 is 0. The normalized spacial score (nSPS) is 10.8. The number of benzene rings is 1. The van der Waals surface area contributed by atoms with Crippen molar-refractivity contribution in [3.05, 3.63) is 39.7 Å². The predicted octanol–water partition coefficient (Wildman–Crippen LogP) is 0.952. The number of carbonyl (C=O) groups is 1. The summed E-state index contributed by atoms with van der Waals surface area (Å²) in [5.74, 6) is -0.179. The number of amides is 1. The fourth-order valence-electron chi connectivity index (χ4n) is 2.33. The van der Waals surface area contributed by atoms with Crippen LogP contribution in [0.5, 0.6) is 0 Å². The third-order valence-corrected chi connectivity index (χ3v) is 3.57. The molecule has 0 atom stereocenters. The number of anilines is 1. The summed E-state index contributed by atoms with van der Waals surface area (Å²) < 4.78 is 5.27. The van der Waals surface area contributed by atoms with Crippen LogP contribution in [0.2, 0.25) is 0 Å². The molecule has 6 nitrogen and oxygen atoms in total. The van der Waals surface area contributed by atoms with E-state index in [-0.39, 0.29) is 12.3 Å². The van der Waals surface area contributed by atoms with E-state index in [2.05, 4.69) is 10.6 Å². The van der Waals surface area contributed by atoms with Gasteiger partial charge in [-0.2, -0.15) is 0 Å². The SMILES string of the molecule is CNCCCNC(=O)Cc1c(C)c2ccc(N)cc2oc1=O. The summed E-state index contributed by atoms with van der Waals surface area (Å²) in [6.45, 7) is 3.23. The zero-order valence-corrected chi connectivity index (χ0v) is 12.9. The van der Waals surface area contributed by atoms with Gasteiger partial charge in [-0.15, -0.1) is 0 Å². The Kier molecular flexibility index (Phi) is 5.16. The number of nitrogen functional groups attached to an aromatic ring is 1. The molecule has 0 saturated heterocycles. The highest BCUT2D eigenvalue weighted by atomic mass is 16.4. The van der Waals surface area contributed by atoms with Crippen LogP contribution in [0.25, 0.3) is 11.0 Å². The maximum absolute atomic E-state index is 12.1. The number of nitrogens with two attached hydrogens (primary N) is 1. The lowest BCUT2D eigenvalue weighted by molar-refractivity contribution is -0.120. The molecule has 0 saturated carbocycles. The van der Waals surface area contributed by atoms with Gasteiger partial charge in [-0.1, -0.05) is 0 Å². The first-order valence-corrected chi connectivity index (χ1v) is 7.26. The maximum Gasteiger partial charge on any atom is 0.340 e. The molecular formula is C16H21N3O3. The van der Waals surface area contributed by atoms with Gasteiger partial charge in [0.1, 0.15) is 5.58 Å². The van der Waals surface area contributed by atoms with Crippen LogP contribution in [-0.2, 0) is 11.2 Å². The molecule has 2 rings (SSSR count). The van der Waals surface area contributed by atoms with Crippen LogP contribution < -0.4 is 22.0 Å². The molecule has 1 aromatic heterocycles. The number of hydrogen-bond acceptors (Lipinski definition) is 5. The van der Waals surface area contributed by atoms with Gasteiger partial charge < -0.3 is 20.8 Å². The standard InChI is InChI=1S/C16H21N3O3/c1-10-12-5-4-11(17)8-14(12)22-16(21)13(10)9-15(20)19-7-3-6-18-2/h4-5,8,18H,3,6-7,9,17H2,1-2H3,(H,19,20). The first-order chi connectivity index (χ1) is 10.5. The van der Waals surface area contributed by atoms with Crippen LogP contribution in [0, 0.1) is 6.92 Å². The van der Waals surface area contributed by atoms with Crippen LogP contribution in [-0.4, -0.2) is 26.0 Å². The van der Waals surface area contributed by atoms with Crippen molar-refractivity contribution in [1.29, 1.82) is 0 Å². The van der Waals surface area contributed by atoms with Crippen molar-refractivity contribution in [3.63, 3.8) is 0 Å². The van der Waals surface area contributed by atoms with Crippen molar-refractivity contribution in [2.45, 2.75) is 19.8 Å². The molecule has 0 aliphatic rings. The van der Waals surface area contributed by atoms with Crippen LogP contribution in [0.15, 0.2) is 27.4 Å². The number of aryl methyl sites for hydroxylation is 1. The Labute approximate surface area is 128 Å². The summed E-state index contributed by atoms with van der Waals surface area (Å²) in [4.78, 5) is 24.0. The second-order valence-corrected chi connectivity index (χ2v) is 5.23. The molecular weight excluding hydrogens is 282 g/mol. The van der Waals surface area contributed by atoms with E-state index < -0.39 is 5.63 Å². The molecule has 0 spiro atoms.